The lowest BCUT2D eigenvalue weighted by atomic mass is 10.2. The van der Waals surface area contributed by atoms with Crippen LogP contribution in [-0.2, 0) is 10.2 Å². The largest absolute Gasteiger partial charge is 0.279 e. The topological polar surface area (TPSA) is 73.2 Å². The van der Waals surface area contributed by atoms with Crippen molar-refractivity contribution in [2.45, 2.75) is 20.3 Å². The van der Waals surface area contributed by atoms with Crippen molar-refractivity contribution < 1.29 is 8.42 Å². The smallest absolute Gasteiger partial charge is 0.202 e. The summed E-state index contributed by atoms with van der Waals surface area (Å²) in [6.07, 6.45) is 0.751. The number of hydrogen-bond donors (Lipinski definition) is 1. The molecule has 14 heavy (non-hydrogen) atoms. The van der Waals surface area contributed by atoms with Gasteiger partial charge in [-0.05, 0) is 13.3 Å². The molecule has 1 N–H and O–H groups in total. The summed E-state index contributed by atoms with van der Waals surface area (Å²) >= 11 is 0. The number of nitriles is 1. The molecule has 0 heterocycles. The number of rotatable bonds is 6. The Morgan fingerprint density at radius 2 is 2.14 bits per heavy atom. The lowest BCUT2D eigenvalue weighted by Crippen LogP contribution is -2.40. The third-order valence-corrected chi connectivity index (χ3v) is 3.23. The Kier molecular flexibility index (Phi) is 5.69. The van der Waals surface area contributed by atoms with Gasteiger partial charge in [-0.1, -0.05) is 6.92 Å². The highest BCUT2D eigenvalue weighted by atomic mass is 32.2. The van der Waals surface area contributed by atoms with Crippen molar-refractivity contribution in [3.8, 4) is 6.07 Å². The van der Waals surface area contributed by atoms with Gasteiger partial charge in [0.2, 0.25) is 0 Å². The maximum absolute atomic E-state index is 11.4. The molecule has 5 nitrogen and oxygen atoms in total. The van der Waals surface area contributed by atoms with E-state index >= 15 is 0 Å². The summed E-state index contributed by atoms with van der Waals surface area (Å²) in [7, 11) is -1.93. The molecule has 0 saturated heterocycles. The van der Waals surface area contributed by atoms with Crippen LogP contribution in [0.15, 0.2) is 0 Å². The SMILES string of the molecule is CCCNS(=O)(=O)N(C)CC(C)C#N. The standard InChI is InChI=1S/C8H17N3O2S/c1-4-5-10-14(12,13)11(3)7-8(2)6-9/h8,10H,4-5,7H2,1-3H3. The molecule has 1 atom stereocenters. The average molecular weight is 219 g/mol. The van der Waals surface area contributed by atoms with Crippen LogP contribution in [0.3, 0.4) is 0 Å². The Morgan fingerprint density at radius 1 is 1.57 bits per heavy atom. The predicted octanol–water partition coefficient (Wildman–Crippen LogP) is 0.322. The van der Waals surface area contributed by atoms with E-state index in [1.165, 1.54) is 7.05 Å². The zero-order valence-electron chi connectivity index (χ0n) is 8.82. The molecule has 0 aliphatic carbocycles. The van der Waals surface area contributed by atoms with Crippen LogP contribution >= 0.6 is 0 Å². The Morgan fingerprint density at radius 3 is 2.57 bits per heavy atom. The average Bonchev–Trinajstić information content (AvgIpc) is 2.14. The molecule has 82 valence electrons. The van der Waals surface area contributed by atoms with Crippen molar-refractivity contribution in [3.63, 3.8) is 0 Å². The summed E-state index contributed by atoms with van der Waals surface area (Å²) in [5.74, 6) is -0.293. The van der Waals surface area contributed by atoms with Gasteiger partial charge in [0.25, 0.3) is 10.2 Å². The third kappa shape index (κ3) is 4.56. The van der Waals surface area contributed by atoms with Gasteiger partial charge in [0.15, 0.2) is 0 Å². The minimum absolute atomic E-state index is 0.218. The Balaban J connectivity index is 4.23. The van der Waals surface area contributed by atoms with E-state index < -0.39 is 10.2 Å². The summed E-state index contributed by atoms with van der Waals surface area (Å²) in [5.41, 5.74) is 0. The van der Waals surface area contributed by atoms with Crippen molar-refractivity contribution in [1.82, 2.24) is 9.03 Å². The van der Waals surface area contributed by atoms with Crippen LogP contribution in [0.25, 0.3) is 0 Å². The first kappa shape index (κ1) is 13.4. The molecule has 0 saturated carbocycles. The van der Waals surface area contributed by atoms with Crippen LogP contribution < -0.4 is 4.72 Å². The second kappa shape index (κ2) is 5.96. The van der Waals surface area contributed by atoms with E-state index in [0.717, 1.165) is 10.7 Å². The molecule has 0 aliphatic rings. The monoisotopic (exact) mass is 219 g/mol. The fourth-order valence-corrected chi connectivity index (χ4v) is 1.97. The molecule has 0 fully saturated rings. The van der Waals surface area contributed by atoms with E-state index in [1.54, 1.807) is 6.92 Å². The van der Waals surface area contributed by atoms with Crippen LogP contribution in [0.4, 0.5) is 0 Å². The molecule has 0 radical (unpaired) electrons. The summed E-state index contributed by atoms with van der Waals surface area (Å²) < 4.78 is 26.5. The van der Waals surface area contributed by atoms with Crippen molar-refractivity contribution >= 4 is 10.2 Å². The maximum atomic E-state index is 11.4. The maximum Gasteiger partial charge on any atom is 0.279 e. The quantitative estimate of drug-likeness (QED) is 0.699. The van der Waals surface area contributed by atoms with Crippen molar-refractivity contribution in [2.24, 2.45) is 5.92 Å². The second-order valence-corrected chi connectivity index (χ2v) is 5.07. The first-order valence-corrected chi connectivity index (χ1v) is 5.98. The number of nitrogens with zero attached hydrogens (tertiary/aromatic N) is 2. The molecule has 0 aliphatic heterocycles. The van der Waals surface area contributed by atoms with Crippen LogP contribution in [0, 0.1) is 17.2 Å². The summed E-state index contributed by atoms with van der Waals surface area (Å²) in [6.45, 7) is 4.22. The van der Waals surface area contributed by atoms with Gasteiger partial charge in [-0.3, -0.25) is 0 Å². The molecule has 0 aromatic heterocycles. The van der Waals surface area contributed by atoms with Crippen molar-refractivity contribution in [1.29, 1.82) is 5.26 Å². The van der Waals surface area contributed by atoms with Crippen LogP contribution in [0.5, 0.6) is 0 Å². The Hall–Kier alpha value is -0.640. The van der Waals surface area contributed by atoms with E-state index in [1.807, 2.05) is 13.0 Å². The predicted molar refractivity (Wildman–Crippen MR) is 54.6 cm³/mol. The molecule has 6 heteroatoms. The summed E-state index contributed by atoms with van der Waals surface area (Å²) in [4.78, 5) is 0. The minimum atomic E-state index is -3.40. The van der Waals surface area contributed by atoms with Crippen LogP contribution in [0.1, 0.15) is 20.3 Å². The van der Waals surface area contributed by atoms with Gasteiger partial charge in [-0.25, -0.2) is 4.72 Å². The lowest BCUT2D eigenvalue weighted by molar-refractivity contribution is 0.430. The van der Waals surface area contributed by atoms with Gasteiger partial charge in [-0.2, -0.15) is 18.0 Å². The minimum Gasteiger partial charge on any atom is -0.202 e. The molecular formula is C8H17N3O2S. The third-order valence-electron chi connectivity index (χ3n) is 1.70. The first-order valence-electron chi connectivity index (χ1n) is 4.54. The van der Waals surface area contributed by atoms with Crippen LogP contribution in [-0.4, -0.2) is 32.9 Å². The van der Waals surface area contributed by atoms with Gasteiger partial charge in [-0.15, -0.1) is 0 Å². The normalized spacial score (nSPS) is 13.9. The van der Waals surface area contributed by atoms with Gasteiger partial charge in [0.1, 0.15) is 0 Å². The molecular weight excluding hydrogens is 202 g/mol. The van der Waals surface area contributed by atoms with Crippen LogP contribution in [0.2, 0.25) is 0 Å². The Labute approximate surface area is 85.9 Å². The fraction of sp³-hybridized carbons (Fsp3) is 0.875. The highest BCUT2D eigenvalue weighted by Crippen LogP contribution is 2.00. The lowest BCUT2D eigenvalue weighted by Gasteiger charge is -2.18. The fourth-order valence-electron chi connectivity index (χ4n) is 0.866. The molecule has 0 spiro atoms. The second-order valence-electron chi connectivity index (χ2n) is 3.21. The van der Waals surface area contributed by atoms with E-state index in [0.29, 0.717) is 6.54 Å². The van der Waals surface area contributed by atoms with E-state index in [-0.39, 0.29) is 12.5 Å². The van der Waals surface area contributed by atoms with E-state index in [9.17, 15) is 8.42 Å². The highest BCUT2D eigenvalue weighted by molar-refractivity contribution is 7.87. The summed E-state index contributed by atoms with van der Waals surface area (Å²) in [5, 5.41) is 8.53. The molecule has 0 aromatic rings. The van der Waals surface area contributed by atoms with Crippen molar-refractivity contribution in [2.75, 3.05) is 20.1 Å². The van der Waals surface area contributed by atoms with E-state index in [4.69, 9.17) is 5.26 Å². The Bertz CT molecular complexity index is 294. The highest BCUT2D eigenvalue weighted by Gasteiger charge is 2.18. The molecule has 0 rings (SSSR count). The molecule has 0 bridgehead atoms. The zero-order chi connectivity index (χ0) is 11.2. The number of hydrogen-bond acceptors (Lipinski definition) is 3. The molecule has 1 unspecified atom stereocenters. The van der Waals surface area contributed by atoms with Gasteiger partial charge in [0.05, 0.1) is 12.0 Å². The van der Waals surface area contributed by atoms with Crippen molar-refractivity contribution in [3.05, 3.63) is 0 Å². The first-order chi connectivity index (χ1) is 6.44. The molecule has 0 amide bonds. The molecule has 0 aromatic carbocycles. The number of nitrogens with one attached hydrogen (secondary N) is 1. The van der Waals surface area contributed by atoms with Gasteiger partial charge < -0.3 is 0 Å². The summed E-state index contributed by atoms with van der Waals surface area (Å²) in [6, 6.07) is 1.99. The van der Waals surface area contributed by atoms with Gasteiger partial charge >= 0.3 is 0 Å². The van der Waals surface area contributed by atoms with E-state index in [2.05, 4.69) is 4.72 Å². The van der Waals surface area contributed by atoms with Gasteiger partial charge in [0, 0.05) is 20.1 Å². The zero-order valence-corrected chi connectivity index (χ0v) is 9.63.